The molecule has 0 bridgehead atoms. The molecule has 0 aliphatic carbocycles. The van der Waals surface area contributed by atoms with Crippen LogP contribution >= 0.6 is 0 Å². The van der Waals surface area contributed by atoms with Gasteiger partial charge in [0.05, 0.1) is 5.56 Å². The van der Waals surface area contributed by atoms with Gasteiger partial charge >= 0.3 is 0 Å². The lowest BCUT2D eigenvalue weighted by Crippen LogP contribution is -2.19. The second-order valence-corrected chi connectivity index (χ2v) is 3.75. The topological polar surface area (TPSA) is 70.6 Å². The zero-order valence-electron chi connectivity index (χ0n) is 9.99. The van der Waals surface area contributed by atoms with Gasteiger partial charge in [-0.15, -0.1) is 12.3 Å². The molecule has 0 aliphatic heterocycles. The molecule has 96 valence electrons. The molecule has 0 unspecified atom stereocenters. The first-order chi connectivity index (χ1) is 8.70. The largest absolute Gasteiger partial charge is 0.409 e. The van der Waals surface area contributed by atoms with E-state index in [1.165, 1.54) is 6.07 Å². The van der Waals surface area contributed by atoms with Gasteiger partial charge < -0.3 is 16.3 Å². The Labute approximate surface area is 106 Å². The highest BCUT2D eigenvalue weighted by atomic mass is 19.1. The van der Waals surface area contributed by atoms with Crippen LogP contribution in [0.25, 0.3) is 0 Å². The minimum absolute atomic E-state index is 0.0976. The molecule has 0 aliphatic rings. The molecule has 4 N–H and O–H groups in total. The van der Waals surface area contributed by atoms with Crippen molar-refractivity contribution in [1.29, 1.82) is 0 Å². The lowest BCUT2D eigenvalue weighted by Gasteiger charge is -2.08. The number of hydrogen-bond acceptors (Lipinski definition) is 3. The summed E-state index contributed by atoms with van der Waals surface area (Å²) in [5, 5.41) is 14.4. The van der Waals surface area contributed by atoms with Gasteiger partial charge in [-0.1, -0.05) is 17.3 Å². The second-order valence-electron chi connectivity index (χ2n) is 3.75. The number of terminal acetylenes is 1. The standard InChI is InChI=1S/C13H16FN3O/c1-2-3-4-8-16-9-10-6-5-7-11(12(10)14)13(15)17-18/h1,5-7,16,18H,3-4,8-9H2,(H2,15,17). The minimum Gasteiger partial charge on any atom is -0.409 e. The maximum atomic E-state index is 13.9. The Hall–Kier alpha value is -2.06. The van der Waals surface area contributed by atoms with Crippen LogP contribution in [0.2, 0.25) is 0 Å². The van der Waals surface area contributed by atoms with Crippen molar-refractivity contribution < 1.29 is 9.60 Å². The third kappa shape index (κ3) is 3.75. The van der Waals surface area contributed by atoms with E-state index < -0.39 is 5.82 Å². The molecule has 1 rings (SSSR count). The third-order valence-corrected chi connectivity index (χ3v) is 2.45. The van der Waals surface area contributed by atoms with E-state index in [9.17, 15) is 4.39 Å². The molecular formula is C13H16FN3O. The third-order valence-electron chi connectivity index (χ3n) is 2.45. The lowest BCUT2D eigenvalue weighted by molar-refractivity contribution is 0.318. The van der Waals surface area contributed by atoms with Crippen molar-refractivity contribution in [2.75, 3.05) is 6.54 Å². The van der Waals surface area contributed by atoms with E-state index >= 15 is 0 Å². The fourth-order valence-corrected chi connectivity index (χ4v) is 1.51. The van der Waals surface area contributed by atoms with Crippen LogP contribution in [0.1, 0.15) is 24.0 Å². The van der Waals surface area contributed by atoms with Crippen molar-refractivity contribution in [3.8, 4) is 12.3 Å². The van der Waals surface area contributed by atoms with Gasteiger partial charge in [0.15, 0.2) is 5.84 Å². The molecule has 0 amide bonds. The quantitative estimate of drug-likeness (QED) is 0.178. The van der Waals surface area contributed by atoms with E-state index in [-0.39, 0.29) is 11.4 Å². The zero-order valence-corrected chi connectivity index (χ0v) is 9.99. The fourth-order valence-electron chi connectivity index (χ4n) is 1.51. The van der Waals surface area contributed by atoms with Crippen molar-refractivity contribution in [2.24, 2.45) is 10.9 Å². The molecule has 0 radical (unpaired) electrons. The molecule has 0 heterocycles. The molecule has 1 aromatic rings. The van der Waals surface area contributed by atoms with Crippen LogP contribution in [0.4, 0.5) is 4.39 Å². The predicted octanol–water partition coefficient (Wildman–Crippen LogP) is 1.42. The molecule has 0 spiro atoms. The summed E-state index contributed by atoms with van der Waals surface area (Å²) in [5.41, 5.74) is 5.95. The molecule has 0 aromatic heterocycles. The maximum Gasteiger partial charge on any atom is 0.173 e. The number of amidine groups is 1. The van der Waals surface area contributed by atoms with E-state index in [0.717, 1.165) is 13.0 Å². The Balaban J connectivity index is 2.64. The van der Waals surface area contributed by atoms with E-state index in [4.69, 9.17) is 17.4 Å². The smallest absolute Gasteiger partial charge is 0.173 e. The van der Waals surface area contributed by atoms with Crippen LogP contribution in [0, 0.1) is 18.2 Å². The summed E-state index contributed by atoms with van der Waals surface area (Å²) in [6.07, 6.45) is 6.67. The Bertz CT molecular complexity index is 466. The van der Waals surface area contributed by atoms with Gasteiger partial charge in [-0.05, 0) is 19.0 Å². The van der Waals surface area contributed by atoms with E-state index in [2.05, 4.69) is 16.4 Å². The molecular weight excluding hydrogens is 233 g/mol. The summed E-state index contributed by atoms with van der Waals surface area (Å²) in [6.45, 7) is 1.10. The molecule has 1 aromatic carbocycles. The highest BCUT2D eigenvalue weighted by Crippen LogP contribution is 2.12. The first-order valence-electron chi connectivity index (χ1n) is 5.60. The summed E-state index contributed by atoms with van der Waals surface area (Å²) in [7, 11) is 0. The van der Waals surface area contributed by atoms with Gasteiger partial charge in [-0.25, -0.2) is 4.39 Å². The number of nitrogens with zero attached hydrogens (tertiary/aromatic N) is 1. The number of nitrogens with one attached hydrogen (secondary N) is 1. The SMILES string of the molecule is C#CCCCNCc1cccc(/C(N)=N\O)c1F. The highest BCUT2D eigenvalue weighted by molar-refractivity contribution is 5.97. The molecule has 18 heavy (non-hydrogen) atoms. The molecule has 0 atom stereocenters. The lowest BCUT2D eigenvalue weighted by atomic mass is 10.1. The van der Waals surface area contributed by atoms with Crippen LogP contribution in [0.3, 0.4) is 0 Å². The first kappa shape index (κ1) is 14.0. The van der Waals surface area contributed by atoms with Gasteiger partial charge in [0.25, 0.3) is 0 Å². The zero-order chi connectivity index (χ0) is 13.4. The number of unbranched alkanes of at least 4 members (excludes halogenated alkanes) is 1. The fraction of sp³-hybridized carbons (Fsp3) is 0.308. The van der Waals surface area contributed by atoms with Crippen molar-refractivity contribution in [2.45, 2.75) is 19.4 Å². The normalized spacial score (nSPS) is 11.2. The average molecular weight is 249 g/mol. The average Bonchev–Trinajstić information content (AvgIpc) is 2.39. The summed E-state index contributed by atoms with van der Waals surface area (Å²) < 4.78 is 13.9. The monoisotopic (exact) mass is 249 g/mol. The van der Waals surface area contributed by atoms with E-state index in [1.54, 1.807) is 12.1 Å². The molecule has 0 fully saturated rings. The predicted molar refractivity (Wildman–Crippen MR) is 68.7 cm³/mol. The molecule has 0 saturated carbocycles. The van der Waals surface area contributed by atoms with Crippen LogP contribution in [-0.2, 0) is 6.54 Å². The van der Waals surface area contributed by atoms with Gasteiger partial charge in [0, 0.05) is 18.5 Å². The van der Waals surface area contributed by atoms with Gasteiger partial charge in [0.1, 0.15) is 5.82 Å². The molecule has 4 nitrogen and oxygen atoms in total. The summed E-state index contributed by atoms with van der Waals surface area (Å²) in [5.74, 6) is 1.83. The number of halogens is 1. The van der Waals surface area contributed by atoms with Crippen LogP contribution < -0.4 is 11.1 Å². The van der Waals surface area contributed by atoms with Crippen molar-refractivity contribution in [3.05, 3.63) is 35.1 Å². The number of hydrogen-bond donors (Lipinski definition) is 3. The molecule has 5 heteroatoms. The number of oxime groups is 1. The Morgan fingerprint density at radius 1 is 1.56 bits per heavy atom. The Kier molecular flexibility index (Phi) is 5.68. The summed E-state index contributed by atoms with van der Waals surface area (Å²) in [6, 6.07) is 4.78. The van der Waals surface area contributed by atoms with Gasteiger partial charge in [-0.2, -0.15) is 0 Å². The second kappa shape index (κ2) is 7.30. The van der Waals surface area contributed by atoms with Crippen molar-refractivity contribution in [3.63, 3.8) is 0 Å². The summed E-state index contributed by atoms with van der Waals surface area (Å²) >= 11 is 0. The van der Waals surface area contributed by atoms with E-state index in [0.29, 0.717) is 18.5 Å². The number of rotatable bonds is 6. The van der Waals surface area contributed by atoms with Crippen LogP contribution in [0.5, 0.6) is 0 Å². The Morgan fingerprint density at radius 2 is 2.33 bits per heavy atom. The van der Waals surface area contributed by atoms with Crippen LogP contribution in [-0.4, -0.2) is 17.6 Å². The van der Waals surface area contributed by atoms with Gasteiger partial charge in [0.2, 0.25) is 0 Å². The highest BCUT2D eigenvalue weighted by Gasteiger charge is 2.10. The number of nitrogens with two attached hydrogens (primary N) is 1. The van der Waals surface area contributed by atoms with Gasteiger partial charge in [-0.3, -0.25) is 0 Å². The number of benzene rings is 1. The van der Waals surface area contributed by atoms with Crippen molar-refractivity contribution in [1.82, 2.24) is 5.32 Å². The molecule has 0 saturated heterocycles. The van der Waals surface area contributed by atoms with E-state index in [1.807, 2.05) is 0 Å². The Morgan fingerprint density at radius 3 is 3.00 bits per heavy atom. The van der Waals surface area contributed by atoms with Crippen molar-refractivity contribution >= 4 is 5.84 Å². The maximum absolute atomic E-state index is 13.9. The first-order valence-corrected chi connectivity index (χ1v) is 5.60. The van der Waals surface area contributed by atoms with Crippen LogP contribution in [0.15, 0.2) is 23.4 Å². The minimum atomic E-state index is -0.475. The summed E-state index contributed by atoms with van der Waals surface area (Å²) in [4.78, 5) is 0.